The average molecular weight is 325 g/mol. The molecule has 2 aromatic rings. The zero-order chi connectivity index (χ0) is 17.3. The lowest BCUT2D eigenvalue weighted by Gasteiger charge is -2.33. The molecule has 1 aliphatic heterocycles. The van der Waals surface area contributed by atoms with E-state index in [0.29, 0.717) is 35.6 Å². The molecule has 1 aromatic carbocycles. The van der Waals surface area contributed by atoms with Crippen LogP contribution < -0.4 is 5.46 Å². The number of hydrogen-bond donors (Lipinski definition) is 0. The summed E-state index contributed by atoms with van der Waals surface area (Å²) in [6, 6.07) is 7.79. The molecule has 3 rings (SSSR count). The van der Waals surface area contributed by atoms with Crippen molar-refractivity contribution in [1.29, 1.82) is 5.26 Å². The predicted molar refractivity (Wildman–Crippen MR) is 93.8 cm³/mol. The monoisotopic (exact) mass is 325 g/mol. The van der Waals surface area contributed by atoms with Crippen LogP contribution in [0.4, 0.5) is 5.88 Å². The lowest BCUT2D eigenvalue weighted by molar-refractivity contribution is 0.0344. The molecule has 0 aliphatic carbocycles. The molecule has 0 radical (unpaired) electrons. The smallest absolute Gasteiger partial charge is 0.437 e. The molecule has 0 bridgehead atoms. The molecule has 7 heteroatoms. The molecule has 0 spiro atoms. The molecule has 1 fully saturated rings. The Balaban J connectivity index is 2.05. The molecule has 0 unspecified atom stereocenters. The molecular formula is C17H20BN3O3. The maximum absolute atomic E-state index is 9.60. The SMILES string of the molecule is CN(C)/C=N/c1oc2cccc(B3OCC(C)(C)CO3)c2c1C#N. The predicted octanol–water partition coefficient (Wildman–Crippen LogP) is 2.29. The summed E-state index contributed by atoms with van der Waals surface area (Å²) in [6.45, 7) is 5.38. The first-order valence-corrected chi connectivity index (χ1v) is 7.80. The Hall–Kier alpha value is -2.30. The van der Waals surface area contributed by atoms with Gasteiger partial charge in [-0.25, -0.2) is 4.99 Å². The van der Waals surface area contributed by atoms with Gasteiger partial charge in [-0.15, -0.1) is 0 Å². The number of aliphatic imine (C=N–C) groups is 1. The Morgan fingerprint density at radius 1 is 1.29 bits per heavy atom. The van der Waals surface area contributed by atoms with E-state index < -0.39 is 7.12 Å². The van der Waals surface area contributed by atoms with E-state index in [1.807, 2.05) is 32.3 Å². The number of fused-ring (bicyclic) bond motifs is 1. The van der Waals surface area contributed by atoms with Crippen LogP contribution in [0.5, 0.6) is 0 Å². The maximum Gasteiger partial charge on any atom is 0.494 e. The third-order valence-corrected chi connectivity index (χ3v) is 3.75. The van der Waals surface area contributed by atoms with Crippen molar-refractivity contribution in [2.45, 2.75) is 13.8 Å². The Bertz CT molecular complexity index is 810. The fourth-order valence-electron chi connectivity index (χ4n) is 2.59. The second kappa shape index (κ2) is 6.31. The van der Waals surface area contributed by atoms with E-state index in [1.54, 1.807) is 11.2 Å². The van der Waals surface area contributed by atoms with Gasteiger partial charge in [0, 0.05) is 38.1 Å². The van der Waals surface area contributed by atoms with Gasteiger partial charge >= 0.3 is 7.12 Å². The third kappa shape index (κ3) is 3.16. The molecule has 24 heavy (non-hydrogen) atoms. The highest BCUT2D eigenvalue weighted by Crippen LogP contribution is 2.31. The second-order valence-corrected chi connectivity index (χ2v) is 6.94. The standard InChI is InChI=1S/C17H20BN3O3/c1-17(2)9-22-18(23-10-17)13-6-5-7-14-15(13)12(8-19)16(24-14)20-11-21(3)4/h5-7,11H,9-10H2,1-4H3/b20-11+. The summed E-state index contributed by atoms with van der Waals surface area (Å²) in [7, 11) is 3.21. The van der Waals surface area contributed by atoms with Gasteiger partial charge in [0.2, 0.25) is 5.88 Å². The van der Waals surface area contributed by atoms with E-state index in [9.17, 15) is 5.26 Å². The summed E-state index contributed by atoms with van der Waals surface area (Å²) in [6.07, 6.45) is 1.61. The number of nitrogens with zero attached hydrogens (tertiary/aromatic N) is 3. The highest BCUT2D eigenvalue weighted by atomic mass is 16.6. The van der Waals surface area contributed by atoms with Crippen molar-refractivity contribution in [1.82, 2.24) is 4.90 Å². The number of nitriles is 1. The number of rotatable bonds is 3. The minimum absolute atomic E-state index is 0.0139. The number of furan rings is 1. The Labute approximate surface area is 141 Å². The molecule has 6 nitrogen and oxygen atoms in total. The van der Waals surface area contributed by atoms with Crippen LogP contribution in [0.3, 0.4) is 0 Å². The van der Waals surface area contributed by atoms with E-state index in [0.717, 1.165) is 5.46 Å². The zero-order valence-electron chi connectivity index (χ0n) is 14.4. The van der Waals surface area contributed by atoms with E-state index in [4.69, 9.17) is 13.7 Å². The molecule has 1 saturated heterocycles. The first-order valence-electron chi connectivity index (χ1n) is 7.80. The topological polar surface area (TPSA) is 71.0 Å². The van der Waals surface area contributed by atoms with Crippen LogP contribution in [-0.4, -0.2) is 45.7 Å². The highest BCUT2D eigenvalue weighted by Gasteiger charge is 2.35. The van der Waals surface area contributed by atoms with Crippen molar-refractivity contribution < 1.29 is 13.7 Å². The quantitative estimate of drug-likeness (QED) is 0.492. The maximum atomic E-state index is 9.60. The molecular weight excluding hydrogens is 305 g/mol. The summed E-state index contributed by atoms with van der Waals surface area (Å²) >= 11 is 0. The molecule has 124 valence electrons. The highest BCUT2D eigenvalue weighted by molar-refractivity contribution is 6.64. The Morgan fingerprint density at radius 3 is 2.62 bits per heavy atom. The molecule has 2 heterocycles. The van der Waals surface area contributed by atoms with Crippen LogP contribution in [-0.2, 0) is 9.31 Å². The minimum atomic E-state index is -0.503. The van der Waals surface area contributed by atoms with E-state index >= 15 is 0 Å². The van der Waals surface area contributed by atoms with E-state index in [2.05, 4.69) is 24.9 Å². The second-order valence-electron chi connectivity index (χ2n) is 6.94. The van der Waals surface area contributed by atoms with Crippen molar-refractivity contribution in [3.8, 4) is 6.07 Å². The van der Waals surface area contributed by atoms with E-state index in [-0.39, 0.29) is 5.41 Å². The first kappa shape index (κ1) is 16.6. The lowest BCUT2D eigenvalue weighted by Crippen LogP contribution is -2.47. The minimum Gasteiger partial charge on any atom is -0.437 e. The van der Waals surface area contributed by atoms with Crippen molar-refractivity contribution in [3.05, 3.63) is 23.8 Å². The fourth-order valence-corrected chi connectivity index (χ4v) is 2.59. The van der Waals surface area contributed by atoms with Crippen molar-refractivity contribution >= 4 is 35.8 Å². The van der Waals surface area contributed by atoms with Gasteiger partial charge in [-0.3, -0.25) is 0 Å². The lowest BCUT2D eigenvalue weighted by atomic mass is 9.73. The van der Waals surface area contributed by atoms with Crippen LogP contribution in [0.15, 0.2) is 27.6 Å². The fraction of sp³-hybridized carbons (Fsp3) is 0.412. The van der Waals surface area contributed by atoms with Gasteiger partial charge in [0.1, 0.15) is 17.2 Å². The summed E-state index contributed by atoms with van der Waals surface area (Å²) in [5, 5.41) is 10.3. The first-order chi connectivity index (χ1) is 11.4. The molecule has 0 atom stereocenters. The van der Waals surface area contributed by atoms with Crippen LogP contribution in [0.2, 0.25) is 0 Å². The van der Waals surface area contributed by atoms with Gasteiger partial charge in [0.15, 0.2) is 0 Å². The summed E-state index contributed by atoms with van der Waals surface area (Å²) in [5.74, 6) is 0.296. The van der Waals surface area contributed by atoms with Gasteiger partial charge in [0.25, 0.3) is 0 Å². The van der Waals surface area contributed by atoms with Crippen LogP contribution >= 0.6 is 0 Å². The normalized spacial score (nSPS) is 17.4. The van der Waals surface area contributed by atoms with Crippen LogP contribution in [0.25, 0.3) is 11.0 Å². The molecule has 1 aromatic heterocycles. The van der Waals surface area contributed by atoms with Gasteiger partial charge in [-0.1, -0.05) is 26.0 Å². The van der Waals surface area contributed by atoms with Crippen LogP contribution in [0.1, 0.15) is 19.4 Å². The molecule has 0 N–H and O–H groups in total. The van der Waals surface area contributed by atoms with Gasteiger partial charge in [0.05, 0.1) is 6.34 Å². The molecule has 0 amide bonds. The molecule has 0 saturated carbocycles. The zero-order valence-corrected chi connectivity index (χ0v) is 14.4. The Morgan fingerprint density at radius 2 is 2.00 bits per heavy atom. The average Bonchev–Trinajstić information content (AvgIpc) is 2.90. The van der Waals surface area contributed by atoms with Gasteiger partial charge in [-0.2, -0.15) is 5.26 Å². The van der Waals surface area contributed by atoms with Crippen LogP contribution in [0, 0.1) is 16.7 Å². The van der Waals surface area contributed by atoms with Gasteiger partial charge in [-0.05, 0) is 11.5 Å². The largest absolute Gasteiger partial charge is 0.494 e. The van der Waals surface area contributed by atoms with Gasteiger partial charge < -0.3 is 18.6 Å². The number of hydrogen-bond acceptors (Lipinski definition) is 5. The van der Waals surface area contributed by atoms with Crippen molar-refractivity contribution in [2.75, 3.05) is 27.3 Å². The third-order valence-electron chi connectivity index (χ3n) is 3.75. The van der Waals surface area contributed by atoms with Crippen molar-refractivity contribution in [2.24, 2.45) is 10.4 Å². The summed E-state index contributed by atoms with van der Waals surface area (Å²) < 4.78 is 17.5. The number of benzene rings is 1. The van der Waals surface area contributed by atoms with Crippen molar-refractivity contribution in [3.63, 3.8) is 0 Å². The Kier molecular flexibility index (Phi) is 4.35. The summed E-state index contributed by atoms with van der Waals surface area (Å²) in [5.41, 5.74) is 1.79. The summed E-state index contributed by atoms with van der Waals surface area (Å²) in [4.78, 5) is 6.04. The van der Waals surface area contributed by atoms with E-state index in [1.165, 1.54) is 0 Å². The molecule has 1 aliphatic rings.